The van der Waals surface area contributed by atoms with Crippen molar-refractivity contribution >= 4 is 39.0 Å². The van der Waals surface area contributed by atoms with E-state index in [1.165, 1.54) is 55.6 Å². The van der Waals surface area contributed by atoms with Crippen molar-refractivity contribution in [2.24, 2.45) is 0 Å². The first-order chi connectivity index (χ1) is 27.3. The number of nitrogens with zero attached hydrogens (tertiary/aromatic N) is 1. The molecule has 0 amide bonds. The third-order valence-electron chi connectivity index (χ3n) is 12.7. The first-order valence-electron chi connectivity index (χ1n) is 19.7. The molecular weight excluding hydrogens is 679 g/mol. The molecule has 0 bridgehead atoms. The molecule has 0 saturated carbocycles. The molecule has 0 fully saturated rings. The minimum absolute atomic E-state index is 0.0380. The zero-order valence-corrected chi connectivity index (χ0v) is 32.1. The molecule has 0 radical (unpaired) electrons. The van der Waals surface area contributed by atoms with E-state index in [1.54, 1.807) is 0 Å². The van der Waals surface area contributed by atoms with E-state index in [2.05, 4.69) is 196 Å². The van der Waals surface area contributed by atoms with Crippen molar-refractivity contribution in [2.75, 3.05) is 4.90 Å². The van der Waals surface area contributed by atoms with E-state index >= 15 is 0 Å². The predicted octanol–water partition coefficient (Wildman–Crippen LogP) is 15.0. The number of hydrogen-bond acceptors (Lipinski definition) is 2. The standard InChI is InChI=1S/C54H41NO/c1-53(2)47-14-8-5-11-41(47)43-28-21-36(31-49(43)53)34-17-23-38(24-18-34)55(40-27-30-44-42-12-6-9-15-48(42)54(3,4)50(44)33-40)39-25-19-35(20-26-39)37-22-29-46-45-13-7-10-16-51(45)56-52(46)32-37/h5-33H,1-4H3. The Kier molecular flexibility index (Phi) is 6.98. The molecule has 268 valence electrons. The summed E-state index contributed by atoms with van der Waals surface area (Å²) >= 11 is 0. The van der Waals surface area contributed by atoms with Crippen LogP contribution in [0.2, 0.25) is 0 Å². The molecule has 2 aliphatic carbocycles. The normalized spacial score (nSPS) is 14.4. The van der Waals surface area contributed by atoms with Crippen molar-refractivity contribution in [3.05, 3.63) is 198 Å². The van der Waals surface area contributed by atoms with Gasteiger partial charge in [0.25, 0.3) is 0 Å². The molecule has 0 atom stereocenters. The second kappa shape index (κ2) is 11.9. The van der Waals surface area contributed by atoms with E-state index in [4.69, 9.17) is 4.42 Å². The van der Waals surface area contributed by atoms with Gasteiger partial charge in [-0.3, -0.25) is 0 Å². The van der Waals surface area contributed by atoms with Crippen molar-refractivity contribution in [1.29, 1.82) is 0 Å². The Balaban J connectivity index is 0.990. The number of anilines is 3. The van der Waals surface area contributed by atoms with E-state index in [1.807, 2.05) is 12.1 Å². The van der Waals surface area contributed by atoms with Crippen LogP contribution < -0.4 is 4.90 Å². The van der Waals surface area contributed by atoms with Gasteiger partial charge in [0.05, 0.1) is 0 Å². The van der Waals surface area contributed by atoms with Gasteiger partial charge in [0.1, 0.15) is 11.2 Å². The molecule has 2 heteroatoms. The van der Waals surface area contributed by atoms with Crippen molar-refractivity contribution in [3.8, 4) is 44.5 Å². The largest absolute Gasteiger partial charge is 0.456 e. The topological polar surface area (TPSA) is 16.4 Å². The minimum atomic E-state index is -0.0996. The number of benzene rings is 8. The summed E-state index contributed by atoms with van der Waals surface area (Å²) in [5.74, 6) is 0. The van der Waals surface area contributed by atoms with E-state index in [0.717, 1.165) is 50.1 Å². The van der Waals surface area contributed by atoms with E-state index in [-0.39, 0.29) is 10.8 Å². The van der Waals surface area contributed by atoms with Gasteiger partial charge in [-0.15, -0.1) is 0 Å². The van der Waals surface area contributed by atoms with Gasteiger partial charge in [0, 0.05) is 38.7 Å². The van der Waals surface area contributed by atoms with Crippen molar-refractivity contribution < 1.29 is 4.42 Å². The van der Waals surface area contributed by atoms with Gasteiger partial charge in [-0.25, -0.2) is 0 Å². The molecule has 0 aliphatic heterocycles. The monoisotopic (exact) mass is 719 g/mol. The summed E-state index contributed by atoms with van der Waals surface area (Å²) in [5.41, 5.74) is 20.7. The number of para-hydroxylation sites is 1. The van der Waals surface area contributed by atoms with Crippen LogP contribution in [-0.2, 0) is 10.8 Å². The number of hydrogen-bond donors (Lipinski definition) is 0. The third kappa shape index (κ3) is 4.82. The van der Waals surface area contributed by atoms with Crippen LogP contribution in [0.15, 0.2) is 180 Å². The van der Waals surface area contributed by atoms with E-state index < -0.39 is 0 Å². The van der Waals surface area contributed by atoms with Gasteiger partial charge in [-0.1, -0.05) is 143 Å². The average Bonchev–Trinajstić information content (AvgIpc) is 3.80. The maximum atomic E-state index is 6.25. The van der Waals surface area contributed by atoms with Gasteiger partial charge in [0.2, 0.25) is 0 Å². The second-order valence-corrected chi connectivity index (χ2v) is 16.6. The van der Waals surface area contributed by atoms with Gasteiger partial charge in [-0.05, 0) is 127 Å². The number of fused-ring (bicyclic) bond motifs is 9. The molecule has 0 N–H and O–H groups in total. The SMILES string of the molecule is CC1(C)c2ccccc2-c2ccc(-c3ccc(N(c4ccc(-c5ccc6c(c5)oc5ccccc56)cc4)c4ccc5c(c4)C(C)(C)c4ccccc4-5)cc3)cc21. The molecule has 1 aromatic heterocycles. The van der Waals surface area contributed by atoms with Crippen LogP contribution in [0.5, 0.6) is 0 Å². The Morgan fingerprint density at radius 1 is 0.339 bits per heavy atom. The molecular formula is C54H41NO. The first-order valence-corrected chi connectivity index (χ1v) is 19.7. The molecule has 8 aromatic carbocycles. The van der Waals surface area contributed by atoms with Crippen LogP contribution in [0.3, 0.4) is 0 Å². The fourth-order valence-electron chi connectivity index (χ4n) is 9.67. The Bertz CT molecular complexity index is 3010. The first kappa shape index (κ1) is 32.8. The smallest absolute Gasteiger partial charge is 0.136 e. The number of rotatable bonds is 5. The molecule has 0 unspecified atom stereocenters. The molecule has 0 spiro atoms. The summed E-state index contributed by atoms with van der Waals surface area (Å²) in [7, 11) is 0. The van der Waals surface area contributed by atoms with Gasteiger partial charge >= 0.3 is 0 Å². The highest BCUT2D eigenvalue weighted by Crippen LogP contribution is 2.52. The number of furan rings is 1. The van der Waals surface area contributed by atoms with Crippen molar-refractivity contribution in [2.45, 2.75) is 38.5 Å². The summed E-state index contributed by atoms with van der Waals surface area (Å²) in [6.07, 6.45) is 0. The predicted molar refractivity (Wildman–Crippen MR) is 234 cm³/mol. The maximum absolute atomic E-state index is 6.25. The summed E-state index contributed by atoms with van der Waals surface area (Å²) in [5, 5.41) is 2.29. The van der Waals surface area contributed by atoms with Crippen LogP contribution in [0.4, 0.5) is 17.1 Å². The molecule has 0 saturated heterocycles. The Morgan fingerprint density at radius 3 is 1.43 bits per heavy atom. The third-order valence-corrected chi connectivity index (χ3v) is 12.7. The summed E-state index contributed by atoms with van der Waals surface area (Å²) in [4.78, 5) is 2.40. The highest BCUT2D eigenvalue weighted by atomic mass is 16.3. The van der Waals surface area contributed by atoms with Crippen LogP contribution in [0.25, 0.3) is 66.4 Å². The average molecular weight is 720 g/mol. The Morgan fingerprint density at radius 2 is 0.786 bits per heavy atom. The van der Waals surface area contributed by atoms with Crippen molar-refractivity contribution in [1.82, 2.24) is 0 Å². The lowest BCUT2D eigenvalue weighted by atomic mass is 9.81. The highest BCUT2D eigenvalue weighted by Gasteiger charge is 2.37. The highest BCUT2D eigenvalue weighted by molar-refractivity contribution is 6.06. The summed E-state index contributed by atoms with van der Waals surface area (Å²) < 4.78 is 6.25. The Hall–Kier alpha value is -6.64. The second-order valence-electron chi connectivity index (χ2n) is 16.6. The van der Waals surface area contributed by atoms with Crippen molar-refractivity contribution in [3.63, 3.8) is 0 Å². The van der Waals surface area contributed by atoms with Crippen LogP contribution in [-0.4, -0.2) is 0 Å². The molecule has 2 nitrogen and oxygen atoms in total. The molecule has 11 rings (SSSR count). The lowest BCUT2D eigenvalue weighted by molar-refractivity contribution is 0.660. The lowest BCUT2D eigenvalue weighted by Crippen LogP contribution is -2.16. The molecule has 9 aromatic rings. The Labute approximate surface area is 328 Å². The summed E-state index contributed by atoms with van der Waals surface area (Å²) in [6.45, 7) is 9.40. The molecule has 1 heterocycles. The van der Waals surface area contributed by atoms with E-state index in [9.17, 15) is 0 Å². The van der Waals surface area contributed by atoms with Gasteiger partial charge in [0.15, 0.2) is 0 Å². The van der Waals surface area contributed by atoms with Crippen LogP contribution in [0, 0.1) is 0 Å². The van der Waals surface area contributed by atoms with Crippen LogP contribution in [0.1, 0.15) is 49.9 Å². The maximum Gasteiger partial charge on any atom is 0.136 e. The molecule has 56 heavy (non-hydrogen) atoms. The quantitative estimate of drug-likeness (QED) is 0.176. The minimum Gasteiger partial charge on any atom is -0.456 e. The van der Waals surface area contributed by atoms with Gasteiger partial charge in [-0.2, -0.15) is 0 Å². The summed E-state index contributed by atoms with van der Waals surface area (Å²) in [6, 6.07) is 64.6. The zero-order valence-electron chi connectivity index (χ0n) is 32.1. The van der Waals surface area contributed by atoms with E-state index in [0.29, 0.717) is 0 Å². The zero-order chi connectivity index (χ0) is 37.8. The fourth-order valence-corrected chi connectivity index (χ4v) is 9.67. The lowest BCUT2D eigenvalue weighted by Gasteiger charge is -2.28. The molecule has 2 aliphatic rings. The van der Waals surface area contributed by atoms with Gasteiger partial charge < -0.3 is 9.32 Å². The van der Waals surface area contributed by atoms with Crippen LogP contribution >= 0.6 is 0 Å². The fraction of sp³-hybridized carbons (Fsp3) is 0.111.